The highest BCUT2D eigenvalue weighted by Gasteiger charge is 2.67. The first-order valence-corrected chi connectivity index (χ1v) is 8.75. The fourth-order valence-corrected chi connectivity index (χ4v) is 5.17. The van der Waals surface area contributed by atoms with Gasteiger partial charge in [0.1, 0.15) is 0 Å². The number of rotatable bonds is 5. The summed E-state index contributed by atoms with van der Waals surface area (Å²) in [4.78, 5) is 0. The van der Waals surface area contributed by atoms with Gasteiger partial charge < -0.3 is 15.0 Å². The van der Waals surface area contributed by atoms with Gasteiger partial charge >= 0.3 is 7.12 Å². The molecular weight excluding hydrogens is 257 g/mol. The smallest absolute Gasteiger partial charge is 0.405 e. The molecule has 0 radical (unpaired) electrons. The fourth-order valence-electron chi connectivity index (χ4n) is 4.44. The first-order chi connectivity index (χ1) is 8.98. The van der Waals surface area contributed by atoms with E-state index >= 15 is 0 Å². The van der Waals surface area contributed by atoms with Crippen LogP contribution in [0.2, 0.25) is 6.32 Å². The van der Waals surface area contributed by atoms with Crippen molar-refractivity contribution in [2.75, 3.05) is 18.1 Å². The summed E-state index contributed by atoms with van der Waals surface area (Å²) in [7, 11) is 0.00965. The number of hydrogen-bond acceptors (Lipinski definition) is 4. The zero-order valence-corrected chi connectivity index (χ0v) is 13.2. The van der Waals surface area contributed by atoms with Crippen molar-refractivity contribution in [3.63, 3.8) is 0 Å². The second kappa shape index (κ2) is 4.94. The first kappa shape index (κ1) is 14.2. The third-order valence-corrected chi connectivity index (χ3v) is 6.81. The minimum absolute atomic E-state index is 0.00965. The molecule has 1 heterocycles. The van der Waals surface area contributed by atoms with Crippen molar-refractivity contribution in [2.45, 2.75) is 51.6 Å². The van der Waals surface area contributed by atoms with Crippen molar-refractivity contribution in [2.24, 2.45) is 23.0 Å². The lowest BCUT2D eigenvalue weighted by Gasteiger charge is -2.64. The lowest BCUT2D eigenvalue weighted by Crippen LogP contribution is -2.65. The summed E-state index contributed by atoms with van der Waals surface area (Å²) in [6.07, 6.45) is 3.84. The van der Waals surface area contributed by atoms with Gasteiger partial charge in [-0.3, -0.25) is 0 Å². The molecule has 0 aromatic heterocycles. The molecule has 4 fully saturated rings. The standard InChI is InChI=1S/C14H26BNO2S/c1-13(2)10-8-11(13)14(3)12(9-10)17-15(18-14)4-6-19-7-5-16/h10-12H,4-9,16H2,1-3H3/t10?,11?,12-,14+/m1/s1. The van der Waals surface area contributed by atoms with Gasteiger partial charge in [-0.05, 0) is 49.1 Å². The predicted octanol–water partition coefficient (Wildman–Crippen LogP) is 2.41. The molecule has 3 aliphatic carbocycles. The fraction of sp³-hybridized carbons (Fsp3) is 1.00. The maximum atomic E-state index is 6.35. The average Bonchev–Trinajstić information content (AvgIpc) is 2.70. The molecule has 5 heteroatoms. The number of thioether (sulfide) groups is 1. The molecule has 3 nitrogen and oxygen atoms in total. The molecule has 1 saturated heterocycles. The highest BCUT2D eigenvalue weighted by molar-refractivity contribution is 7.99. The maximum Gasteiger partial charge on any atom is 0.458 e. The Morgan fingerprint density at radius 2 is 2.05 bits per heavy atom. The first-order valence-electron chi connectivity index (χ1n) is 7.59. The molecule has 2 N–H and O–H groups in total. The van der Waals surface area contributed by atoms with E-state index in [-0.39, 0.29) is 12.7 Å². The number of hydrogen-bond donors (Lipinski definition) is 1. The van der Waals surface area contributed by atoms with Crippen LogP contribution in [0, 0.1) is 17.3 Å². The molecule has 2 unspecified atom stereocenters. The molecule has 0 aromatic carbocycles. The summed E-state index contributed by atoms with van der Waals surface area (Å²) in [5.41, 5.74) is 5.91. The lowest BCUT2D eigenvalue weighted by atomic mass is 9.43. The van der Waals surface area contributed by atoms with Crippen LogP contribution in [0.4, 0.5) is 0 Å². The Morgan fingerprint density at radius 3 is 2.74 bits per heavy atom. The van der Waals surface area contributed by atoms with Gasteiger partial charge in [0, 0.05) is 12.3 Å². The summed E-state index contributed by atoms with van der Waals surface area (Å²) in [6.45, 7) is 7.85. The zero-order chi connectivity index (χ0) is 13.7. The molecule has 0 aromatic rings. The van der Waals surface area contributed by atoms with E-state index in [0.717, 1.165) is 30.3 Å². The molecule has 4 rings (SSSR count). The normalized spacial score (nSPS) is 42.9. The van der Waals surface area contributed by atoms with Gasteiger partial charge in [-0.1, -0.05) is 13.8 Å². The second-order valence-electron chi connectivity index (χ2n) is 7.09. The number of nitrogens with two attached hydrogens (primary N) is 1. The predicted molar refractivity (Wildman–Crippen MR) is 81.3 cm³/mol. The maximum absolute atomic E-state index is 6.35. The molecule has 4 atom stereocenters. The summed E-state index contributed by atoms with van der Waals surface area (Å²) in [5, 5.41) is 0. The molecule has 0 amide bonds. The molecule has 1 aliphatic heterocycles. The van der Waals surface area contributed by atoms with Crippen molar-refractivity contribution in [1.29, 1.82) is 0 Å². The molecule has 3 saturated carbocycles. The Kier molecular flexibility index (Phi) is 3.70. The molecule has 108 valence electrons. The highest BCUT2D eigenvalue weighted by Crippen LogP contribution is 2.65. The van der Waals surface area contributed by atoms with E-state index in [9.17, 15) is 0 Å². The van der Waals surface area contributed by atoms with Crippen LogP contribution in [-0.4, -0.2) is 36.9 Å². The molecular formula is C14H26BNO2S. The van der Waals surface area contributed by atoms with Crippen molar-refractivity contribution < 1.29 is 9.31 Å². The van der Waals surface area contributed by atoms with Crippen LogP contribution in [0.1, 0.15) is 33.6 Å². The SMILES string of the molecule is CC1(C)C2CC1[C@]1(C)OB(CCSCCN)O[C@@H]1C2. The Bertz CT molecular complexity index is 354. The van der Waals surface area contributed by atoms with Gasteiger partial charge in [-0.2, -0.15) is 11.8 Å². The van der Waals surface area contributed by atoms with Crippen LogP contribution < -0.4 is 5.73 Å². The Labute approximate surface area is 121 Å². The Hall–Kier alpha value is 0.295. The van der Waals surface area contributed by atoms with E-state index in [2.05, 4.69) is 20.8 Å². The van der Waals surface area contributed by atoms with Gasteiger partial charge in [0.15, 0.2) is 0 Å². The van der Waals surface area contributed by atoms with Gasteiger partial charge in [0.2, 0.25) is 0 Å². The van der Waals surface area contributed by atoms with Crippen LogP contribution >= 0.6 is 11.8 Å². The minimum Gasteiger partial charge on any atom is -0.405 e. The van der Waals surface area contributed by atoms with Crippen LogP contribution in [0.3, 0.4) is 0 Å². The van der Waals surface area contributed by atoms with Gasteiger partial charge in [-0.25, -0.2) is 0 Å². The summed E-state index contributed by atoms with van der Waals surface area (Å²) < 4.78 is 12.5. The van der Waals surface area contributed by atoms with E-state index in [4.69, 9.17) is 15.0 Å². The van der Waals surface area contributed by atoms with Crippen LogP contribution in [0.15, 0.2) is 0 Å². The van der Waals surface area contributed by atoms with E-state index in [1.165, 1.54) is 12.8 Å². The quantitative estimate of drug-likeness (QED) is 0.621. The molecule has 4 aliphatic rings. The molecule has 2 bridgehead atoms. The zero-order valence-electron chi connectivity index (χ0n) is 12.4. The van der Waals surface area contributed by atoms with Crippen LogP contribution in [0.25, 0.3) is 0 Å². The molecule has 0 spiro atoms. The van der Waals surface area contributed by atoms with Crippen molar-refractivity contribution in [3.8, 4) is 0 Å². The Balaban J connectivity index is 1.58. The van der Waals surface area contributed by atoms with Crippen molar-refractivity contribution in [1.82, 2.24) is 0 Å². The highest BCUT2D eigenvalue weighted by atomic mass is 32.2. The van der Waals surface area contributed by atoms with Gasteiger partial charge in [-0.15, -0.1) is 0 Å². The van der Waals surface area contributed by atoms with E-state index in [0.29, 0.717) is 17.4 Å². The molecule has 19 heavy (non-hydrogen) atoms. The average molecular weight is 283 g/mol. The van der Waals surface area contributed by atoms with Crippen molar-refractivity contribution in [3.05, 3.63) is 0 Å². The third-order valence-electron chi connectivity index (χ3n) is 5.76. The van der Waals surface area contributed by atoms with Crippen molar-refractivity contribution >= 4 is 18.9 Å². The van der Waals surface area contributed by atoms with Gasteiger partial charge in [0.05, 0.1) is 11.7 Å². The summed E-state index contributed by atoms with van der Waals surface area (Å²) >= 11 is 1.90. The van der Waals surface area contributed by atoms with E-state index in [1.54, 1.807) is 0 Å². The van der Waals surface area contributed by atoms with Crippen LogP contribution in [-0.2, 0) is 9.31 Å². The van der Waals surface area contributed by atoms with E-state index in [1.807, 2.05) is 11.8 Å². The lowest BCUT2D eigenvalue weighted by molar-refractivity contribution is -0.199. The Morgan fingerprint density at radius 1 is 1.26 bits per heavy atom. The second-order valence-corrected chi connectivity index (χ2v) is 8.31. The summed E-state index contributed by atoms with van der Waals surface area (Å²) in [6, 6.07) is 0. The van der Waals surface area contributed by atoms with E-state index < -0.39 is 0 Å². The monoisotopic (exact) mass is 283 g/mol. The third kappa shape index (κ3) is 2.17. The van der Waals surface area contributed by atoms with Crippen LogP contribution in [0.5, 0.6) is 0 Å². The van der Waals surface area contributed by atoms with Gasteiger partial charge in [0.25, 0.3) is 0 Å². The summed E-state index contributed by atoms with van der Waals surface area (Å²) in [5.74, 6) is 3.63. The topological polar surface area (TPSA) is 44.5 Å². The minimum atomic E-state index is -0.0402. The largest absolute Gasteiger partial charge is 0.458 e.